The predicted octanol–water partition coefficient (Wildman–Crippen LogP) is 6.74. The zero-order valence-electron chi connectivity index (χ0n) is 22.4. The number of rotatable bonds is 4. The summed E-state index contributed by atoms with van der Waals surface area (Å²) < 4.78 is 80.6. The Kier molecular flexibility index (Phi) is 10.3. The van der Waals surface area contributed by atoms with Crippen molar-refractivity contribution in [2.45, 2.75) is 56.5 Å². The maximum Gasteiger partial charge on any atom is 0.416 e. The molecule has 2 aliphatic rings. The molecule has 2 aromatic rings. The second-order valence-electron chi connectivity index (χ2n) is 10.5. The van der Waals surface area contributed by atoms with Crippen molar-refractivity contribution in [1.29, 1.82) is 0 Å². The van der Waals surface area contributed by atoms with Crippen LogP contribution in [0.4, 0.5) is 26.3 Å². The molecule has 2 heterocycles. The number of hydrogen-bond donors (Lipinski definition) is 0. The first kappa shape index (κ1) is 33.0. The molecule has 2 amide bonds. The van der Waals surface area contributed by atoms with Crippen molar-refractivity contribution in [3.05, 3.63) is 69.7 Å². The highest BCUT2D eigenvalue weighted by Gasteiger charge is 2.41. The Bertz CT molecular complexity index is 1200. The molecule has 2 saturated heterocycles. The van der Waals surface area contributed by atoms with Gasteiger partial charge in [0.2, 0.25) is 5.91 Å². The van der Waals surface area contributed by atoms with E-state index in [-0.39, 0.29) is 36.3 Å². The van der Waals surface area contributed by atoms with E-state index in [1.54, 1.807) is 17.0 Å². The highest BCUT2D eigenvalue weighted by Crippen LogP contribution is 2.38. The van der Waals surface area contributed by atoms with Gasteiger partial charge in [-0.3, -0.25) is 14.5 Å². The number of likely N-dealkylation sites (N-methyl/N-ethyl adjacent to an activating group) is 1. The van der Waals surface area contributed by atoms with Crippen LogP contribution >= 0.6 is 24.0 Å². The van der Waals surface area contributed by atoms with Crippen LogP contribution in [0.1, 0.15) is 59.2 Å². The molecule has 2 atom stereocenters. The molecule has 0 aromatic heterocycles. The minimum Gasteiger partial charge on any atom is -0.343 e. The van der Waals surface area contributed by atoms with Gasteiger partial charge in [-0.25, -0.2) is 0 Å². The van der Waals surface area contributed by atoms with E-state index in [1.807, 2.05) is 12.1 Å². The van der Waals surface area contributed by atoms with Crippen LogP contribution < -0.4 is 0 Å². The largest absolute Gasteiger partial charge is 0.416 e. The fourth-order valence-corrected chi connectivity index (χ4v) is 5.90. The molecule has 13 heteroatoms. The van der Waals surface area contributed by atoms with Gasteiger partial charge in [-0.1, -0.05) is 23.7 Å². The third-order valence-electron chi connectivity index (χ3n) is 7.98. The average Bonchev–Trinajstić information content (AvgIpc) is 2.91. The number of halogens is 8. The fourth-order valence-electron chi connectivity index (χ4n) is 5.78. The molecule has 226 valence electrons. The number of likely N-dealkylation sites (tertiary alicyclic amines) is 2. The maximum absolute atomic E-state index is 13.4. The zero-order chi connectivity index (χ0) is 29.4. The van der Waals surface area contributed by atoms with E-state index >= 15 is 0 Å². The number of nitrogens with zero attached hydrogens (tertiary/aromatic N) is 3. The van der Waals surface area contributed by atoms with Gasteiger partial charge in [-0.05, 0) is 55.2 Å². The highest BCUT2D eigenvalue weighted by atomic mass is 35.5. The van der Waals surface area contributed by atoms with E-state index in [0.717, 1.165) is 18.4 Å². The smallest absolute Gasteiger partial charge is 0.343 e. The first-order valence-corrected chi connectivity index (χ1v) is 13.3. The van der Waals surface area contributed by atoms with Crippen LogP contribution in [0.5, 0.6) is 0 Å². The van der Waals surface area contributed by atoms with Gasteiger partial charge in [-0.2, -0.15) is 26.3 Å². The molecule has 0 aliphatic carbocycles. The average molecular weight is 626 g/mol. The van der Waals surface area contributed by atoms with Gasteiger partial charge >= 0.3 is 12.4 Å². The minimum atomic E-state index is -5.05. The number of carbonyl (C=O) groups is 2. The lowest BCUT2D eigenvalue weighted by Gasteiger charge is -2.47. The van der Waals surface area contributed by atoms with Crippen molar-refractivity contribution >= 4 is 35.8 Å². The Morgan fingerprint density at radius 1 is 0.878 bits per heavy atom. The first-order chi connectivity index (χ1) is 18.6. The number of benzene rings is 2. The third kappa shape index (κ3) is 7.67. The Labute approximate surface area is 245 Å². The lowest BCUT2D eigenvalue weighted by atomic mass is 9.83. The summed E-state index contributed by atoms with van der Waals surface area (Å²) in [4.78, 5) is 30.5. The minimum absolute atomic E-state index is 0. The van der Waals surface area contributed by atoms with E-state index in [1.165, 1.54) is 18.9 Å². The summed E-state index contributed by atoms with van der Waals surface area (Å²) in [5.41, 5.74) is -2.86. The van der Waals surface area contributed by atoms with Crippen LogP contribution in [0.25, 0.3) is 0 Å². The molecule has 0 radical (unpaired) electrons. The Morgan fingerprint density at radius 2 is 1.41 bits per heavy atom. The van der Waals surface area contributed by atoms with Crippen molar-refractivity contribution in [2.24, 2.45) is 0 Å². The lowest BCUT2D eigenvalue weighted by Crippen LogP contribution is -2.55. The van der Waals surface area contributed by atoms with Gasteiger partial charge in [0, 0.05) is 68.7 Å². The summed E-state index contributed by atoms with van der Waals surface area (Å²) in [7, 11) is 1.42. The van der Waals surface area contributed by atoms with Gasteiger partial charge in [0.05, 0.1) is 11.1 Å². The molecular weight excluding hydrogens is 595 g/mol. The molecule has 0 spiro atoms. The molecule has 0 bridgehead atoms. The molecule has 0 N–H and O–H groups in total. The van der Waals surface area contributed by atoms with Crippen molar-refractivity contribution in [3.63, 3.8) is 0 Å². The molecule has 2 unspecified atom stereocenters. The first-order valence-electron chi connectivity index (χ1n) is 13.0. The van der Waals surface area contributed by atoms with Gasteiger partial charge in [0.25, 0.3) is 5.91 Å². The SMILES string of the molecule is CC(=O)N1CCC(N2CCC(N(C)C(=O)c3cc(C(F)(F)F)cc(C(F)(F)F)c3)C(c3ccc(Cl)cc3)C2)CC1.Cl. The summed E-state index contributed by atoms with van der Waals surface area (Å²) >= 11 is 6.08. The number of carbonyl (C=O) groups excluding carboxylic acids is 2. The predicted molar refractivity (Wildman–Crippen MR) is 145 cm³/mol. The monoisotopic (exact) mass is 625 g/mol. The molecule has 0 saturated carbocycles. The summed E-state index contributed by atoms with van der Waals surface area (Å²) in [6, 6.07) is 7.77. The zero-order valence-corrected chi connectivity index (χ0v) is 24.0. The topological polar surface area (TPSA) is 43.9 Å². The Balaban J connectivity index is 0.00000462. The van der Waals surface area contributed by atoms with Crippen molar-refractivity contribution in [2.75, 3.05) is 33.2 Å². The molecule has 5 nitrogen and oxygen atoms in total. The van der Waals surface area contributed by atoms with Gasteiger partial charge in [-0.15, -0.1) is 12.4 Å². The Morgan fingerprint density at radius 3 is 1.90 bits per heavy atom. The molecule has 2 aliphatic heterocycles. The second-order valence-corrected chi connectivity index (χ2v) is 10.9. The molecular formula is C28H31Cl2F6N3O2. The van der Waals surface area contributed by atoms with Crippen LogP contribution in [0, 0.1) is 0 Å². The summed E-state index contributed by atoms with van der Waals surface area (Å²) in [6.07, 6.45) is -8.06. The molecule has 41 heavy (non-hydrogen) atoms. The van der Waals surface area contributed by atoms with E-state index in [9.17, 15) is 35.9 Å². The second kappa shape index (κ2) is 12.8. The van der Waals surface area contributed by atoms with Gasteiger partial charge in [0.15, 0.2) is 0 Å². The van der Waals surface area contributed by atoms with Crippen LogP contribution in [0.3, 0.4) is 0 Å². The number of piperidine rings is 2. The number of alkyl halides is 6. The van der Waals surface area contributed by atoms with Crippen LogP contribution in [-0.2, 0) is 17.1 Å². The van der Waals surface area contributed by atoms with E-state index in [0.29, 0.717) is 49.8 Å². The summed E-state index contributed by atoms with van der Waals surface area (Å²) in [5.74, 6) is -1.15. The fraction of sp³-hybridized carbons (Fsp3) is 0.500. The van der Waals surface area contributed by atoms with Crippen molar-refractivity contribution < 1.29 is 35.9 Å². The summed E-state index contributed by atoms with van der Waals surface area (Å²) in [5, 5.41) is 0.512. The number of amides is 2. The molecule has 4 rings (SSSR count). The normalized spacial score (nSPS) is 20.9. The molecule has 2 aromatic carbocycles. The Hall–Kier alpha value is -2.50. The standard InChI is InChI=1S/C28H30ClF6N3O2.ClH/c1-17(39)37-10-7-23(8-11-37)38-12-9-25(24(16-38)18-3-5-22(29)6-4-18)36(2)26(40)19-13-20(27(30,31)32)15-21(14-19)28(33,34)35;/h3-6,13-15,23-25H,7-12,16H2,1-2H3;1H. The lowest BCUT2D eigenvalue weighted by molar-refractivity contribution is -0.143. The maximum atomic E-state index is 13.4. The highest BCUT2D eigenvalue weighted by molar-refractivity contribution is 6.30. The van der Waals surface area contributed by atoms with Crippen LogP contribution in [0.2, 0.25) is 5.02 Å². The third-order valence-corrected chi connectivity index (χ3v) is 8.24. The van der Waals surface area contributed by atoms with E-state index in [2.05, 4.69) is 4.90 Å². The van der Waals surface area contributed by atoms with Gasteiger partial charge in [0.1, 0.15) is 0 Å². The van der Waals surface area contributed by atoms with Crippen molar-refractivity contribution in [3.8, 4) is 0 Å². The molecule has 2 fully saturated rings. The van der Waals surface area contributed by atoms with Gasteiger partial charge < -0.3 is 9.80 Å². The van der Waals surface area contributed by atoms with E-state index in [4.69, 9.17) is 11.6 Å². The van der Waals surface area contributed by atoms with E-state index < -0.39 is 41.0 Å². The van der Waals surface area contributed by atoms with Crippen LogP contribution in [0.15, 0.2) is 42.5 Å². The quantitative estimate of drug-likeness (QED) is 0.354. The van der Waals surface area contributed by atoms with Crippen molar-refractivity contribution in [1.82, 2.24) is 14.7 Å². The van der Waals surface area contributed by atoms with Crippen LogP contribution in [-0.4, -0.2) is 71.8 Å². The number of hydrogen-bond acceptors (Lipinski definition) is 3. The summed E-state index contributed by atoms with van der Waals surface area (Å²) in [6.45, 7) is 3.94.